The Balaban J connectivity index is 1.67. The summed E-state index contributed by atoms with van der Waals surface area (Å²) in [5.41, 5.74) is 3.37. The first-order chi connectivity index (χ1) is 13.3. The molecule has 0 bridgehead atoms. The Kier molecular flexibility index (Phi) is 5.73. The van der Waals surface area contributed by atoms with Crippen molar-refractivity contribution < 1.29 is 9.18 Å². The van der Waals surface area contributed by atoms with Crippen LogP contribution in [0.15, 0.2) is 66.9 Å². The summed E-state index contributed by atoms with van der Waals surface area (Å²) in [4.78, 5) is 16.8. The van der Waals surface area contributed by atoms with Crippen LogP contribution in [0.3, 0.4) is 0 Å². The van der Waals surface area contributed by atoms with Gasteiger partial charge in [-0.15, -0.1) is 0 Å². The fourth-order valence-corrected chi connectivity index (χ4v) is 2.90. The van der Waals surface area contributed by atoms with Crippen LogP contribution >= 0.6 is 0 Å². The summed E-state index contributed by atoms with van der Waals surface area (Å²) in [7, 11) is 0. The average molecular weight is 377 g/mol. The van der Waals surface area contributed by atoms with Gasteiger partial charge in [-0.3, -0.25) is 4.79 Å². The maximum atomic E-state index is 13.7. The number of rotatable bonds is 5. The Hall–Kier alpha value is -3.21. The monoisotopic (exact) mass is 377 g/mol. The van der Waals surface area contributed by atoms with Gasteiger partial charge in [0.15, 0.2) is 0 Å². The van der Waals surface area contributed by atoms with Gasteiger partial charge in [0, 0.05) is 17.8 Å². The second-order valence-corrected chi connectivity index (χ2v) is 7.63. The molecule has 4 nitrogen and oxygen atoms in total. The molecule has 3 aromatic rings. The predicted molar refractivity (Wildman–Crippen MR) is 111 cm³/mol. The van der Waals surface area contributed by atoms with E-state index in [9.17, 15) is 9.18 Å². The normalized spacial score (nSPS) is 11.1. The topological polar surface area (TPSA) is 54.0 Å². The summed E-state index contributed by atoms with van der Waals surface area (Å²) < 4.78 is 13.7. The molecule has 0 fully saturated rings. The number of para-hydroxylation sites is 1. The van der Waals surface area contributed by atoms with E-state index in [2.05, 4.69) is 36.4 Å². The molecule has 5 heteroatoms. The first-order valence-electron chi connectivity index (χ1n) is 9.19. The molecule has 0 aliphatic carbocycles. The van der Waals surface area contributed by atoms with Crippen LogP contribution in [0, 0.1) is 5.82 Å². The lowest BCUT2D eigenvalue weighted by Crippen LogP contribution is -2.19. The highest BCUT2D eigenvalue weighted by molar-refractivity contribution is 6.03. The third-order valence-electron chi connectivity index (χ3n) is 4.42. The van der Waals surface area contributed by atoms with E-state index < -0.39 is 0 Å². The zero-order valence-electron chi connectivity index (χ0n) is 16.3. The highest BCUT2D eigenvalue weighted by atomic mass is 19.1. The molecule has 0 aliphatic heterocycles. The molecule has 0 radical (unpaired) electrons. The molecular formula is C23H24FN3O. The Morgan fingerprint density at radius 3 is 2.39 bits per heavy atom. The average Bonchev–Trinajstić information content (AvgIpc) is 2.67. The summed E-state index contributed by atoms with van der Waals surface area (Å²) in [5.74, 6) is -0.520. The van der Waals surface area contributed by atoms with E-state index in [1.54, 1.807) is 36.5 Å². The first kappa shape index (κ1) is 19.5. The first-order valence-corrected chi connectivity index (χ1v) is 9.19. The summed E-state index contributed by atoms with van der Waals surface area (Å²) in [5, 5.41) is 6.06. The molecule has 2 aromatic carbocycles. The molecule has 0 saturated heterocycles. The molecule has 2 N–H and O–H groups in total. The lowest BCUT2D eigenvalue weighted by molar-refractivity contribution is 0.102. The summed E-state index contributed by atoms with van der Waals surface area (Å²) in [6.45, 7) is 6.66. The number of nitrogens with one attached hydrogen (secondary N) is 2. The number of anilines is 2. The highest BCUT2D eigenvalue weighted by Gasteiger charge is 2.19. The molecule has 1 heterocycles. The SMILES string of the molecule is CC(C)(C)c1ccccc1NC(=O)c1ccc(NCc2ccccc2F)cn1. The second-order valence-electron chi connectivity index (χ2n) is 7.63. The Bertz CT molecular complexity index is 962. The molecular weight excluding hydrogens is 353 g/mol. The van der Waals surface area contributed by atoms with Crippen LogP contribution in [0.1, 0.15) is 42.4 Å². The third-order valence-corrected chi connectivity index (χ3v) is 4.42. The van der Waals surface area contributed by atoms with Crippen molar-refractivity contribution in [3.63, 3.8) is 0 Å². The largest absolute Gasteiger partial charge is 0.380 e. The van der Waals surface area contributed by atoms with E-state index in [4.69, 9.17) is 0 Å². The zero-order valence-corrected chi connectivity index (χ0v) is 16.3. The van der Waals surface area contributed by atoms with Crippen molar-refractivity contribution in [1.82, 2.24) is 4.98 Å². The van der Waals surface area contributed by atoms with Crippen LogP contribution in [0.4, 0.5) is 15.8 Å². The quantitative estimate of drug-likeness (QED) is 0.627. The summed E-state index contributed by atoms with van der Waals surface area (Å²) in [6.07, 6.45) is 1.57. The van der Waals surface area contributed by atoms with Crippen LogP contribution < -0.4 is 10.6 Å². The van der Waals surface area contributed by atoms with Gasteiger partial charge in [-0.25, -0.2) is 9.37 Å². The van der Waals surface area contributed by atoms with Gasteiger partial charge in [-0.05, 0) is 35.2 Å². The number of halogens is 1. The van der Waals surface area contributed by atoms with E-state index in [0.29, 0.717) is 17.8 Å². The molecule has 0 aliphatic rings. The van der Waals surface area contributed by atoms with E-state index in [1.165, 1.54) is 6.07 Å². The van der Waals surface area contributed by atoms with Crippen molar-refractivity contribution in [2.24, 2.45) is 0 Å². The van der Waals surface area contributed by atoms with E-state index in [-0.39, 0.29) is 17.1 Å². The molecule has 0 atom stereocenters. The maximum Gasteiger partial charge on any atom is 0.274 e. The molecule has 0 saturated carbocycles. The van der Waals surface area contributed by atoms with E-state index >= 15 is 0 Å². The minimum absolute atomic E-state index is 0.0855. The van der Waals surface area contributed by atoms with Gasteiger partial charge in [0.1, 0.15) is 11.5 Å². The highest BCUT2D eigenvalue weighted by Crippen LogP contribution is 2.29. The van der Waals surface area contributed by atoms with Crippen molar-refractivity contribution in [2.45, 2.75) is 32.7 Å². The van der Waals surface area contributed by atoms with Crippen LogP contribution in [-0.2, 0) is 12.0 Å². The number of carbonyl (C=O) groups excluding carboxylic acids is 1. The fourth-order valence-electron chi connectivity index (χ4n) is 2.90. The zero-order chi connectivity index (χ0) is 20.1. The third kappa shape index (κ3) is 4.74. The van der Waals surface area contributed by atoms with Gasteiger partial charge in [0.05, 0.1) is 11.9 Å². The number of amides is 1. The lowest BCUT2D eigenvalue weighted by Gasteiger charge is -2.22. The number of benzene rings is 2. The van der Waals surface area contributed by atoms with E-state index in [1.807, 2.05) is 24.3 Å². The van der Waals surface area contributed by atoms with Gasteiger partial charge in [-0.1, -0.05) is 57.2 Å². The standard InChI is InChI=1S/C23H24FN3O/c1-23(2,3)18-9-5-7-11-20(18)27-22(28)21-13-12-17(15-26-21)25-14-16-8-4-6-10-19(16)24/h4-13,15,25H,14H2,1-3H3,(H,27,28). The number of hydrogen-bond donors (Lipinski definition) is 2. The molecule has 144 valence electrons. The minimum Gasteiger partial charge on any atom is -0.380 e. The number of nitrogens with zero attached hydrogens (tertiary/aromatic N) is 1. The van der Waals surface area contributed by atoms with Crippen LogP contribution in [0.5, 0.6) is 0 Å². The Labute approximate surface area is 164 Å². The summed E-state index contributed by atoms with van der Waals surface area (Å²) >= 11 is 0. The van der Waals surface area contributed by atoms with Crippen molar-refractivity contribution in [1.29, 1.82) is 0 Å². The number of hydrogen-bond acceptors (Lipinski definition) is 3. The van der Waals surface area contributed by atoms with Gasteiger partial charge in [0.25, 0.3) is 5.91 Å². The Morgan fingerprint density at radius 1 is 1.00 bits per heavy atom. The van der Waals surface area contributed by atoms with Crippen LogP contribution in [0.2, 0.25) is 0 Å². The van der Waals surface area contributed by atoms with Gasteiger partial charge in [-0.2, -0.15) is 0 Å². The van der Waals surface area contributed by atoms with Gasteiger partial charge >= 0.3 is 0 Å². The minimum atomic E-state index is -0.266. The van der Waals surface area contributed by atoms with Crippen molar-refractivity contribution in [3.05, 3.63) is 89.5 Å². The van der Waals surface area contributed by atoms with Crippen molar-refractivity contribution >= 4 is 17.3 Å². The fraction of sp³-hybridized carbons (Fsp3) is 0.217. The molecule has 0 unspecified atom stereocenters. The van der Waals surface area contributed by atoms with Crippen LogP contribution in [-0.4, -0.2) is 10.9 Å². The van der Waals surface area contributed by atoms with Crippen LogP contribution in [0.25, 0.3) is 0 Å². The number of pyridine rings is 1. The predicted octanol–water partition coefficient (Wildman–Crippen LogP) is 5.38. The smallest absolute Gasteiger partial charge is 0.274 e. The van der Waals surface area contributed by atoms with E-state index in [0.717, 1.165) is 16.9 Å². The molecule has 1 aromatic heterocycles. The molecule has 0 spiro atoms. The van der Waals surface area contributed by atoms with Crippen molar-refractivity contribution in [3.8, 4) is 0 Å². The van der Waals surface area contributed by atoms with Crippen molar-refractivity contribution in [2.75, 3.05) is 10.6 Å². The second kappa shape index (κ2) is 8.21. The summed E-state index contributed by atoms with van der Waals surface area (Å²) in [6, 6.07) is 17.8. The van der Waals surface area contributed by atoms with Gasteiger partial charge < -0.3 is 10.6 Å². The lowest BCUT2D eigenvalue weighted by atomic mass is 9.86. The Morgan fingerprint density at radius 2 is 1.71 bits per heavy atom. The maximum absolute atomic E-state index is 13.7. The number of aromatic nitrogens is 1. The number of carbonyl (C=O) groups is 1. The molecule has 3 rings (SSSR count). The van der Waals surface area contributed by atoms with Gasteiger partial charge in [0.2, 0.25) is 0 Å². The molecule has 28 heavy (non-hydrogen) atoms. The molecule has 1 amide bonds.